The van der Waals surface area contributed by atoms with E-state index < -0.39 is 0 Å². The topological polar surface area (TPSA) is 21.3 Å². The smallest absolute Gasteiger partial charge is 0.0620 e. The molecule has 2 nitrogen and oxygen atoms in total. The third-order valence-corrected chi connectivity index (χ3v) is 3.51. The zero-order chi connectivity index (χ0) is 11.4. The fourth-order valence-electron chi connectivity index (χ4n) is 1.87. The number of hydrogen-bond acceptors (Lipinski definition) is 2. The summed E-state index contributed by atoms with van der Waals surface area (Å²) in [5, 5.41) is 4.94. The number of hydrogen-bond donors (Lipinski definition) is 1. The molecule has 88 valence electrons. The lowest BCUT2D eigenvalue weighted by atomic mass is 10.1. The molecule has 1 aliphatic rings. The van der Waals surface area contributed by atoms with E-state index in [2.05, 4.69) is 5.32 Å². The van der Waals surface area contributed by atoms with Crippen molar-refractivity contribution in [3.63, 3.8) is 0 Å². The maximum Gasteiger partial charge on any atom is 0.0620 e. The van der Waals surface area contributed by atoms with E-state index in [1.165, 1.54) is 0 Å². The van der Waals surface area contributed by atoms with Crippen molar-refractivity contribution in [1.29, 1.82) is 0 Å². The van der Waals surface area contributed by atoms with Crippen LogP contribution < -0.4 is 5.32 Å². The highest BCUT2D eigenvalue weighted by Gasteiger charge is 2.14. The van der Waals surface area contributed by atoms with Crippen LogP contribution in [0.5, 0.6) is 0 Å². The summed E-state index contributed by atoms with van der Waals surface area (Å²) in [6.45, 7) is 2.57. The van der Waals surface area contributed by atoms with Gasteiger partial charge in [-0.15, -0.1) is 0 Å². The monoisotopic (exact) mass is 259 g/mol. The van der Waals surface area contributed by atoms with Gasteiger partial charge in [-0.1, -0.05) is 29.3 Å². The van der Waals surface area contributed by atoms with Gasteiger partial charge in [0.1, 0.15) is 0 Å². The molecule has 1 heterocycles. The first-order chi connectivity index (χ1) is 7.77. The molecule has 1 aromatic rings. The minimum atomic E-state index is 0.487. The third kappa shape index (κ3) is 3.11. The number of rotatable bonds is 4. The predicted octanol–water partition coefficient (Wildman–Crippen LogP) is 2.91. The summed E-state index contributed by atoms with van der Waals surface area (Å²) in [6.07, 6.45) is 1.95. The highest BCUT2D eigenvalue weighted by Crippen LogP contribution is 2.24. The first-order valence-electron chi connectivity index (χ1n) is 5.51. The van der Waals surface area contributed by atoms with E-state index in [0.717, 1.165) is 48.2 Å². The van der Waals surface area contributed by atoms with E-state index in [4.69, 9.17) is 27.9 Å². The Morgan fingerprint density at radius 3 is 2.69 bits per heavy atom. The van der Waals surface area contributed by atoms with Crippen LogP contribution in [0.4, 0.5) is 0 Å². The van der Waals surface area contributed by atoms with Gasteiger partial charge in [0.25, 0.3) is 0 Å². The molecule has 1 atom stereocenters. The molecule has 1 aliphatic heterocycles. The molecule has 1 N–H and O–H groups in total. The van der Waals surface area contributed by atoms with Crippen molar-refractivity contribution in [2.45, 2.75) is 18.9 Å². The van der Waals surface area contributed by atoms with E-state index in [9.17, 15) is 0 Å². The van der Waals surface area contributed by atoms with Gasteiger partial charge < -0.3 is 10.1 Å². The Labute approximate surface area is 106 Å². The van der Waals surface area contributed by atoms with Gasteiger partial charge in [0.05, 0.1) is 6.61 Å². The lowest BCUT2D eigenvalue weighted by Crippen LogP contribution is -2.31. The van der Waals surface area contributed by atoms with Crippen LogP contribution in [0, 0.1) is 0 Å². The first kappa shape index (κ1) is 12.2. The van der Waals surface area contributed by atoms with Crippen LogP contribution in [0.15, 0.2) is 18.2 Å². The first-order valence-corrected chi connectivity index (χ1v) is 6.27. The normalized spacial score (nSPS) is 20.2. The van der Waals surface area contributed by atoms with Crippen molar-refractivity contribution in [3.05, 3.63) is 33.8 Å². The zero-order valence-electron chi connectivity index (χ0n) is 9.01. The van der Waals surface area contributed by atoms with Crippen molar-refractivity contribution in [3.8, 4) is 0 Å². The third-order valence-electron chi connectivity index (χ3n) is 2.80. The quantitative estimate of drug-likeness (QED) is 0.898. The van der Waals surface area contributed by atoms with Crippen molar-refractivity contribution in [2.24, 2.45) is 0 Å². The molecule has 0 radical (unpaired) electrons. The van der Waals surface area contributed by atoms with Gasteiger partial charge in [0, 0.05) is 22.7 Å². The molecule has 0 spiro atoms. The van der Waals surface area contributed by atoms with Crippen LogP contribution in [0.3, 0.4) is 0 Å². The van der Waals surface area contributed by atoms with Crippen LogP contribution in [-0.4, -0.2) is 25.8 Å². The van der Waals surface area contributed by atoms with Gasteiger partial charge in [0.15, 0.2) is 0 Å². The average Bonchev–Trinajstić information content (AvgIpc) is 2.75. The SMILES string of the molecule is Clc1cccc(Cl)c1CCNC1CCOC1. The molecule has 4 heteroatoms. The number of nitrogens with one attached hydrogen (secondary N) is 1. The number of halogens is 2. The molecule has 0 aliphatic carbocycles. The summed E-state index contributed by atoms with van der Waals surface area (Å²) in [5.74, 6) is 0. The fourth-order valence-corrected chi connectivity index (χ4v) is 2.45. The molecular weight excluding hydrogens is 245 g/mol. The van der Waals surface area contributed by atoms with Crippen LogP contribution >= 0.6 is 23.2 Å². The summed E-state index contributed by atoms with van der Waals surface area (Å²) in [6, 6.07) is 6.11. The standard InChI is InChI=1S/C12H15Cl2NO/c13-11-2-1-3-12(14)10(11)4-6-15-9-5-7-16-8-9/h1-3,9,15H,4-8H2. The highest BCUT2D eigenvalue weighted by molar-refractivity contribution is 6.35. The summed E-state index contributed by atoms with van der Waals surface area (Å²) in [7, 11) is 0. The Hall–Kier alpha value is -0.280. The molecular formula is C12H15Cl2NO. The van der Waals surface area contributed by atoms with Crippen LogP contribution in [0.2, 0.25) is 10.0 Å². The van der Waals surface area contributed by atoms with Gasteiger partial charge in [-0.25, -0.2) is 0 Å². The van der Waals surface area contributed by atoms with E-state index in [1.807, 2.05) is 18.2 Å². The summed E-state index contributed by atoms with van der Waals surface area (Å²) in [5.41, 5.74) is 1.03. The van der Waals surface area contributed by atoms with Gasteiger partial charge in [-0.3, -0.25) is 0 Å². The largest absolute Gasteiger partial charge is 0.380 e. The molecule has 1 fully saturated rings. The highest BCUT2D eigenvalue weighted by atomic mass is 35.5. The molecule has 1 saturated heterocycles. The van der Waals surface area contributed by atoms with Crippen molar-refractivity contribution in [1.82, 2.24) is 5.32 Å². The van der Waals surface area contributed by atoms with Crippen molar-refractivity contribution in [2.75, 3.05) is 19.8 Å². The Morgan fingerprint density at radius 1 is 1.31 bits per heavy atom. The van der Waals surface area contributed by atoms with Crippen LogP contribution in [0.25, 0.3) is 0 Å². The molecule has 0 amide bonds. The van der Waals surface area contributed by atoms with Gasteiger partial charge in [-0.05, 0) is 37.1 Å². The molecule has 0 bridgehead atoms. The maximum absolute atomic E-state index is 6.09. The second-order valence-corrected chi connectivity index (χ2v) is 4.78. The second kappa shape index (κ2) is 5.87. The summed E-state index contributed by atoms with van der Waals surface area (Å²) < 4.78 is 5.29. The average molecular weight is 260 g/mol. The maximum atomic E-state index is 6.09. The van der Waals surface area contributed by atoms with Crippen LogP contribution in [-0.2, 0) is 11.2 Å². The van der Waals surface area contributed by atoms with Gasteiger partial charge in [0.2, 0.25) is 0 Å². The number of ether oxygens (including phenoxy) is 1. The van der Waals surface area contributed by atoms with Gasteiger partial charge >= 0.3 is 0 Å². The van der Waals surface area contributed by atoms with Crippen LogP contribution in [0.1, 0.15) is 12.0 Å². The van der Waals surface area contributed by atoms with E-state index >= 15 is 0 Å². The Bertz CT molecular complexity index is 331. The predicted molar refractivity (Wildman–Crippen MR) is 67.4 cm³/mol. The minimum absolute atomic E-state index is 0.487. The Kier molecular flexibility index (Phi) is 4.47. The summed E-state index contributed by atoms with van der Waals surface area (Å²) >= 11 is 12.2. The zero-order valence-corrected chi connectivity index (χ0v) is 10.5. The molecule has 0 aromatic heterocycles. The molecule has 1 aromatic carbocycles. The van der Waals surface area contributed by atoms with E-state index in [0.29, 0.717) is 6.04 Å². The minimum Gasteiger partial charge on any atom is -0.380 e. The lowest BCUT2D eigenvalue weighted by Gasteiger charge is -2.11. The summed E-state index contributed by atoms with van der Waals surface area (Å²) in [4.78, 5) is 0. The molecule has 16 heavy (non-hydrogen) atoms. The molecule has 0 saturated carbocycles. The fraction of sp³-hybridized carbons (Fsp3) is 0.500. The second-order valence-electron chi connectivity index (χ2n) is 3.96. The Morgan fingerprint density at radius 2 is 2.06 bits per heavy atom. The molecule has 1 unspecified atom stereocenters. The van der Waals surface area contributed by atoms with E-state index in [-0.39, 0.29) is 0 Å². The van der Waals surface area contributed by atoms with Gasteiger partial charge in [-0.2, -0.15) is 0 Å². The van der Waals surface area contributed by atoms with Crippen molar-refractivity contribution < 1.29 is 4.74 Å². The lowest BCUT2D eigenvalue weighted by molar-refractivity contribution is 0.190. The Balaban J connectivity index is 1.84. The number of benzene rings is 1. The molecule has 2 rings (SSSR count). The van der Waals surface area contributed by atoms with Crippen molar-refractivity contribution >= 4 is 23.2 Å². The van der Waals surface area contributed by atoms with E-state index in [1.54, 1.807) is 0 Å².